The van der Waals surface area contributed by atoms with Gasteiger partial charge in [0.15, 0.2) is 0 Å². The van der Waals surface area contributed by atoms with Crippen LogP contribution < -0.4 is 11.1 Å². The highest BCUT2D eigenvalue weighted by Gasteiger charge is 2.18. The summed E-state index contributed by atoms with van der Waals surface area (Å²) in [6.45, 7) is 1.74. The number of halogens is 2. The second-order valence-corrected chi connectivity index (χ2v) is 4.87. The van der Waals surface area contributed by atoms with Gasteiger partial charge in [-0.15, -0.1) is 0 Å². The number of nitrogens with one attached hydrogen (secondary N) is 1. The van der Waals surface area contributed by atoms with Crippen LogP contribution in [0.2, 0.25) is 10.0 Å². The summed E-state index contributed by atoms with van der Waals surface area (Å²) >= 11 is 11.7. The number of rotatable bonds is 2. The Bertz CT molecular complexity index is 651. The van der Waals surface area contributed by atoms with Gasteiger partial charge in [0.25, 0.3) is 5.91 Å². The van der Waals surface area contributed by atoms with E-state index in [4.69, 9.17) is 28.9 Å². The summed E-state index contributed by atoms with van der Waals surface area (Å²) in [5.74, 6) is -0.348. The lowest BCUT2D eigenvalue weighted by Gasteiger charge is -2.07. The fourth-order valence-electron chi connectivity index (χ4n) is 1.71. The van der Waals surface area contributed by atoms with E-state index < -0.39 is 0 Å². The number of hydrogen-bond acceptors (Lipinski definition) is 3. The Morgan fingerprint density at radius 2 is 2.05 bits per heavy atom. The van der Waals surface area contributed by atoms with Crippen molar-refractivity contribution < 1.29 is 4.79 Å². The normalized spacial score (nSPS) is 10.5. The number of carbonyl (C=O) groups is 1. The zero-order valence-electron chi connectivity index (χ0n) is 10.4. The molecular weight excluding hydrogens is 287 g/mol. The number of nitrogens with zero attached hydrogens (tertiary/aromatic N) is 2. The molecule has 1 aromatic carbocycles. The van der Waals surface area contributed by atoms with Crippen molar-refractivity contribution in [3.8, 4) is 0 Å². The van der Waals surface area contributed by atoms with Gasteiger partial charge in [-0.2, -0.15) is 5.10 Å². The van der Waals surface area contributed by atoms with Gasteiger partial charge in [0.2, 0.25) is 0 Å². The minimum absolute atomic E-state index is 0.309. The van der Waals surface area contributed by atoms with Crippen molar-refractivity contribution in [3.05, 3.63) is 39.6 Å². The zero-order chi connectivity index (χ0) is 14.2. The molecule has 19 heavy (non-hydrogen) atoms. The van der Waals surface area contributed by atoms with Crippen LogP contribution in [0.15, 0.2) is 18.2 Å². The Kier molecular flexibility index (Phi) is 3.68. The van der Waals surface area contributed by atoms with Gasteiger partial charge in [0.05, 0.1) is 21.4 Å². The molecule has 0 saturated carbocycles. The molecule has 2 rings (SSSR count). The summed E-state index contributed by atoms with van der Waals surface area (Å²) in [6, 6.07) is 4.84. The van der Waals surface area contributed by atoms with E-state index in [-0.39, 0.29) is 5.91 Å². The third-order valence-electron chi connectivity index (χ3n) is 2.66. The third-order valence-corrected chi connectivity index (χ3v) is 3.40. The van der Waals surface area contributed by atoms with Crippen LogP contribution in [0.1, 0.15) is 16.2 Å². The van der Waals surface area contributed by atoms with E-state index >= 15 is 0 Å². The van der Waals surface area contributed by atoms with Crippen LogP contribution in [-0.2, 0) is 7.05 Å². The van der Waals surface area contributed by atoms with Crippen molar-refractivity contribution in [1.29, 1.82) is 0 Å². The van der Waals surface area contributed by atoms with E-state index in [9.17, 15) is 4.79 Å². The third kappa shape index (κ3) is 2.67. The number of amides is 1. The van der Waals surface area contributed by atoms with Crippen LogP contribution in [0, 0.1) is 6.92 Å². The van der Waals surface area contributed by atoms with Crippen LogP contribution in [0.4, 0.5) is 11.4 Å². The molecule has 1 amide bonds. The highest BCUT2D eigenvalue weighted by molar-refractivity contribution is 6.42. The molecule has 0 radical (unpaired) electrons. The maximum absolute atomic E-state index is 12.1. The lowest BCUT2D eigenvalue weighted by Crippen LogP contribution is -2.17. The van der Waals surface area contributed by atoms with Crippen molar-refractivity contribution in [2.45, 2.75) is 6.92 Å². The Hall–Kier alpha value is -1.72. The van der Waals surface area contributed by atoms with E-state index in [0.717, 1.165) is 0 Å². The van der Waals surface area contributed by atoms with Gasteiger partial charge < -0.3 is 11.1 Å². The molecule has 0 aliphatic heterocycles. The molecule has 0 saturated heterocycles. The van der Waals surface area contributed by atoms with Crippen LogP contribution in [0.3, 0.4) is 0 Å². The number of carbonyl (C=O) groups excluding carboxylic acids is 1. The highest BCUT2D eigenvalue weighted by Crippen LogP contribution is 2.25. The number of hydrogen-bond donors (Lipinski definition) is 2. The largest absolute Gasteiger partial charge is 0.395 e. The molecule has 1 aromatic heterocycles. The number of benzene rings is 1. The number of aryl methyl sites for hydroxylation is 2. The first-order valence-electron chi connectivity index (χ1n) is 5.45. The van der Waals surface area contributed by atoms with Crippen molar-refractivity contribution >= 4 is 40.5 Å². The number of nitrogens with two attached hydrogens (primary N) is 1. The van der Waals surface area contributed by atoms with Crippen molar-refractivity contribution in [3.63, 3.8) is 0 Å². The molecule has 7 heteroatoms. The van der Waals surface area contributed by atoms with E-state index in [2.05, 4.69) is 10.4 Å². The predicted molar refractivity (Wildman–Crippen MR) is 76.8 cm³/mol. The molecule has 0 fully saturated rings. The minimum atomic E-state index is -0.348. The highest BCUT2D eigenvalue weighted by atomic mass is 35.5. The second-order valence-electron chi connectivity index (χ2n) is 4.05. The van der Waals surface area contributed by atoms with E-state index in [0.29, 0.717) is 32.8 Å². The SMILES string of the molecule is Cc1nn(C)c(C(=O)Nc2ccc(Cl)c(Cl)c2)c1N. The average Bonchev–Trinajstić information content (AvgIpc) is 2.58. The summed E-state index contributed by atoms with van der Waals surface area (Å²) in [6.07, 6.45) is 0. The maximum Gasteiger partial charge on any atom is 0.276 e. The summed E-state index contributed by atoms with van der Waals surface area (Å²) in [4.78, 5) is 12.1. The Morgan fingerprint density at radius 1 is 1.37 bits per heavy atom. The standard InChI is InChI=1S/C12H12Cl2N4O/c1-6-10(15)11(18(2)17-6)12(19)16-7-3-4-8(13)9(14)5-7/h3-5H,15H2,1-2H3,(H,16,19). The minimum Gasteiger partial charge on any atom is -0.395 e. The van der Waals surface area contributed by atoms with Crippen molar-refractivity contribution in [2.75, 3.05) is 11.1 Å². The van der Waals surface area contributed by atoms with Crippen LogP contribution in [0.5, 0.6) is 0 Å². The molecule has 0 aliphatic rings. The molecule has 0 aliphatic carbocycles. The first kappa shape index (κ1) is 13.7. The van der Waals surface area contributed by atoms with Crippen LogP contribution in [0.25, 0.3) is 0 Å². The summed E-state index contributed by atoms with van der Waals surface area (Å²) in [5, 5.41) is 7.58. The second kappa shape index (κ2) is 5.11. The Labute approximate surface area is 120 Å². The zero-order valence-corrected chi connectivity index (χ0v) is 11.9. The van der Waals surface area contributed by atoms with Crippen molar-refractivity contribution in [2.24, 2.45) is 7.05 Å². The topological polar surface area (TPSA) is 72.9 Å². The lowest BCUT2D eigenvalue weighted by molar-refractivity contribution is 0.101. The number of nitrogen functional groups attached to an aromatic ring is 1. The smallest absolute Gasteiger partial charge is 0.276 e. The fourth-order valence-corrected chi connectivity index (χ4v) is 2.01. The fraction of sp³-hybridized carbons (Fsp3) is 0.167. The summed E-state index contributed by atoms with van der Waals surface area (Å²) in [7, 11) is 1.66. The quantitative estimate of drug-likeness (QED) is 0.895. The average molecular weight is 299 g/mol. The molecular formula is C12H12Cl2N4O. The molecule has 0 unspecified atom stereocenters. The first-order valence-corrected chi connectivity index (χ1v) is 6.21. The van der Waals surface area contributed by atoms with Gasteiger partial charge in [0.1, 0.15) is 5.69 Å². The van der Waals surface area contributed by atoms with Crippen LogP contribution >= 0.6 is 23.2 Å². The monoisotopic (exact) mass is 298 g/mol. The van der Waals surface area contributed by atoms with Gasteiger partial charge in [-0.1, -0.05) is 23.2 Å². The van der Waals surface area contributed by atoms with Crippen LogP contribution in [-0.4, -0.2) is 15.7 Å². The summed E-state index contributed by atoms with van der Waals surface area (Å²) in [5.41, 5.74) is 7.64. The molecule has 1 heterocycles. The van der Waals surface area contributed by atoms with E-state index in [1.165, 1.54) is 4.68 Å². The molecule has 0 spiro atoms. The van der Waals surface area contributed by atoms with Gasteiger partial charge in [-0.3, -0.25) is 9.48 Å². The Balaban J connectivity index is 2.28. The molecule has 0 atom stereocenters. The molecule has 3 N–H and O–H groups in total. The number of anilines is 2. The molecule has 0 bridgehead atoms. The number of aromatic nitrogens is 2. The van der Waals surface area contributed by atoms with Crippen molar-refractivity contribution in [1.82, 2.24) is 9.78 Å². The molecule has 100 valence electrons. The van der Waals surface area contributed by atoms with Gasteiger partial charge in [0, 0.05) is 12.7 Å². The first-order chi connectivity index (χ1) is 8.90. The van der Waals surface area contributed by atoms with Gasteiger partial charge in [-0.25, -0.2) is 0 Å². The lowest BCUT2D eigenvalue weighted by atomic mass is 10.2. The molecule has 2 aromatic rings. The maximum atomic E-state index is 12.1. The molecule has 5 nitrogen and oxygen atoms in total. The van der Waals surface area contributed by atoms with Gasteiger partial charge in [-0.05, 0) is 25.1 Å². The van der Waals surface area contributed by atoms with Gasteiger partial charge >= 0.3 is 0 Å². The Morgan fingerprint density at radius 3 is 2.58 bits per heavy atom. The van der Waals surface area contributed by atoms with E-state index in [1.807, 2.05) is 0 Å². The predicted octanol–water partition coefficient (Wildman–Crippen LogP) is 2.87. The van der Waals surface area contributed by atoms with E-state index in [1.54, 1.807) is 32.2 Å². The summed E-state index contributed by atoms with van der Waals surface area (Å²) < 4.78 is 1.44.